The molecule has 7 heteroatoms. The molecule has 2 aromatic rings. The van der Waals surface area contributed by atoms with Gasteiger partial charge in [-0.1, -0.05) is 13.8 Å². The fourth-order valence-electron chi connectivity index (χ4n) is 1.68. The van der Waals surface area contributed by atoms with Crippen LogP contribution < -0.4 is 15.8 Å². The number of ether oxygens (including phenoxy) is 1. The number of hydrogen-bond donors (Lipinski definition) is 2. The summed E-state index contributed by atoms with van der Waals surface area (Å²) >= 11 is 0. The van der Waals surface area contributed by atoms with Gasteiger partial charge >= 0.3 is 6.61 Å². The third kappa shape index (κ3) is 4.27. The highest BCUT2D eigenvalue weighted by molar-refractivity contribution is 5.59. The molecule has 2 rings (SSSR count). The summed E-state index contributed by atoms with van der Waals surface area (Å²) in [6.45, 7) is 1.10. The Morgan fingerprint density at radius 2 is 1.81 bits per heavy atom. The lowest BCUT2D eigenvalue weighted by atomic mass is 10.2. The van der Waals surface area contributed by atoms with Gasteiger partial charge in [-0.2, -0.15) is 8.78 Å². The predicted molar refractivity (Wildman–Crippen MR) is 76.9 cm³/mol. The van der Waals surface area contributed by atoms with Gasteiger partial charge in [0.1, 0.15) is 23.2 Å². The first kappa shape index (κ1) is 15.0. The molecular weight excluding hydrogens is 278 g/mol. The minimum atomic E-state index is -2.83. The third-order valence-electron chi connectivity index (χ3n) is 2.63. The van der Waals surface area contributed by atoms with Crippen molar-refractivity contribution in [1.82, 2.24) is 9.97 Å². The molecule has 21 heavy (non-hydrogen) atoms. The Labute approximate surface area is 121 Å². The number of anilines is 3. The Morgan fingerprint density at radius 3 is 2.38 bits per heavy atom. The summed E-state index contributed by atoms with van der Waals surface area (Å²) in [6.07, 6.45) is 0. The molecule has 0 aliphatic rings. The van der Waals surface area contributed by atoms with E-state index in [4.69, 9.17) is 5.73 Å². The highest BCUT2D eigenvalue weighted by Crippen LogP contribution is 2.22. The molecule has 0 aliphatic carbocycles. The van der Waals surface area contributed by atoms with Gasteiger partial charge in [0.2, 0.25) is 0 Å². The van der Waals surface area contributed by atoms with Crippen LogP contribution in [0.15, 0.2) is 30.3 Å². The summed E-state index contributed by atoms with van der Waals surface area (Å²) in [5, 5.41) is 3.05. The van der Waals surface area contributed by atoms with Crippen LogP contribution in [-0.2, 0) is 0 Å². The standard InChI is InChI=1S/C14H16F2N4O/c1-8(2)13-19-11(17)7-12(20-13)18-9-3-5-10(6-4-9)21-14(15)16/h3-8,14H,1-2H3,(H3,17,18,19,20). The van der Waals surface area contributed by atoms with Gasteiger partial charge in [-0.15, -0.1) is 0 Å². The molecule has 5 nitrogen and oxygen atoms in total. The van der Waals surface area contributed by atoms with Crippen molar-refractivity contribution < 1.29 is 13.5 Å². The highest BCUT2D eigenvalue weighted by atomic mass is 19.3. The van der Waals surface area contributed by atoms with Gasteiger partial charge in [0.25, 0.3) is 0 Å². The van der Waals surface area contributed by atoms with Gasteiger partial charge < -0.3 is 15.8 Å². The van der Waals surface area contributed by atoms with E-state index in [1.165, 1.54) is 12.1 Å². The predicted octanol–water partition coefficient (Wildman–Crippen LogP) is 3.53. The Morgan fingerprint density at radius 1 is 1.14 bits per heavy atom. The van der Waals surface area contributed by atoms with E-state index in [-0.39, 0.29) is 11.7 Å². The minimum Gasteiger partial charge on any atom is -0.435 e. The first-order valence-corrected chi connectivity index (χ1v) is 6.40. The third-order valence-corrected chi connectivity index (χ3v) is 2.63. The van der Waals surface area contributed by atoms with E-state index in [0.717, 1.165) is 0 Å². The van der Waals surface area contributed by atoms with Gasteiger partial charge in [-0.25, -0.2) is 9.97 Å². The first-order chi connectivity index (χ1) is 9.94. The molecule has 0 atom stereocenters. The molecular formula is C14H16F2N4O. The maximum atomic E-state index is 12.1. The Balaban J connectivity index is 2.14. The van der Waals surface area contributed by atoms with E-state index in [0.29, 0.717) is 23.1 Å². The topological polar surface area (TPSA) is 73.1 Å². The molecule has 1 aromatic carbocycles. The molecule has 0 amide bonds. The lowest BCUT2D eigenvalue weighted by Gasteiger charge is -2.11. The van der Waals surface area contributed by atoms with Gasteiger partial charge in [0.15, 0.2) is 0 Å². The van der Waals surface area contributed by atoms with Crippen LogP contribution in [0.4, 0.5) is 26.1 Å². The molecule has 0 radical (unpaired) electrons. The molecule has 3 N–H and O–H groups in total. The number of nitrogen functional groups attached to an aromatic ring is 1. The molecule has 0 fully saturated rings. The van der Waals surface area contributed by atoms with Crippen LogP contribution in [-0.4, -0.2) is 16.6 Å². The molecule has 0 saturated heterocycles. The van der Waals surface area contributed by atoms with Crippen molar-refractivity contribution in [2.75, 3.05) is 11.1 Å². The van der Waals surface area contributed by atoms with Crippen LogP contribution in [0.3, 0.4) is 0 Å². The molecule has 0 spiro atoms. The van der Waals surface area contributed by atoms with Crippen LogP contribution in [0.2, 0.25) is 0 Å². The number of benzene rings is 1. The Bertz CT molecular complexity index is 602. The molecule has 0 unspecified atom stereocenters. The molecule has 112 valence electrons. The van der Waals surface area contributed by atoms with Crippen LogP contribution in [0.25, 0.3) is 0 Å². The summed E-state index contributed by atoms with van der Waals surface area (Å²) in [5.74, 6) is 1.80. The van der Waals surface area contributed by atoms with Crippen molar-refractivity contribution in [1.29, 1.82) is 0 Å². The van der Waals surface area contributed by atoms with Crippen LogP contribution in [0.1, 0.15) is 25.6 Å². The van der Waals surface area contributed by atoms with Crippen molar-refractivity contribution in [2.45, 2.75) is 26.4 Å². The zero-order valence-electron chi connectivity index (χ0n) is 11.7. The fourth-order valence-corrected chi connectivity index (χ4v) is 1.68. The summed E-state index contributed by atoms with van der Waals surface area (Å²) in [7, 11) is 0. The van der Waals surface area contributed by atoms with Crippen molar-refractivity contribution in [3.8, 4) is 5.75 Å². The lowest BCUT2D eigenvalue weighted by molar-refractivity contribution is -0.0498. The number of nitrogens with zero attached hydrogens (tertiary/aromatic N) is 2. The van der Waals surface area contributed by atoms with E-state index in [9.17, 15) is 8.78 Å². The van der Waals surface area contributed by atoms with Gasteiger partial charge in [0.05, 0.1) is 0 Å². The number of alkyl halides is 2. The van der Waals surface area contributed by atoms with Crippen molar-refractivity contribution >= 4 is 17.3 Å². The maximum Gasteiger partial charge on any atom is 0.387 e. The number of nitrogens with one attached hydrogen (secondary N) is 1. The SMILES string of the molecule is CC(C)c1nc(N)cc(Nc2ccc(OC(F)F)cc2)n1. The second kappa shape index (κ2) is 6.34. The van der Waals surface area contributed by atoms with E-state index in [1.54, 1.807) is 18.2 Å². The molecule has 0 bridgehead atoms. The monoisotopic (exact) mass is 294 g/mol. The van der Waals surface area contributed by atoms with Crippen LogP contribution >= 0.6 is 0 Å². The number of rotatable bonds is 5. The van der Waals surface area contributed by atoms with E-state index < -0.39 is 6.61 Å². The largest absolute Gasteiger partial charge is 0.435 e. The number of hydrogen-bond acceptors (Lipinski definition) is 5. The number of halogens is 2. The van der Waals surface area contributed by atoms with Crippen molar-refractivity contribution in [2.24, 2.45) is 0 Å². The van der Waals surface area contributed by atoms with Crippen molar-refractivity contribution in [3.05, 3.63) is 36.2 Å². The average molecular weight is 294 g/mol. The van der Waals surface area contributed by atoms with Gasteiger partial charge in [-0.05, 0) is 24.3 Å². The van der Waals surface area contributed by atoms with Crippen LogP contribution in [0, 0.1) is 0 Å². The van der Waals surface area contributed by atoms with Gasteiger partial charge in [-0.3, -0.25) is 0 Å². The summed E-state index contributed by atoms with van der Waals surface area (Å²) < 4.78 is 28.4. The average Bonchev–Trinajstić information content (AvgIpc) is 2.39. The second-order valence-electron chi connectivity index (χ2n) is 4.72. The summed E-state index contributed by atoms with van der Waals surface area (Å²) in [5.41, 5.74) is 6.42. The summed E-state index contributed by atoms with van der Waals surface area (Å²) in [6, 6.07) is 7.73. The fraction of sp³-hybridized carbons (Fsp3) is 0.286. The van der Waals surface area contributed by atoms with E-state index in [2.05, 4.69) is 20.0 Å². The maximum absolute atomic E-state index is 12.1. The molecule has 0 aliphatic heterocycles. The number of aromatic nitrogens is 2. The quantitative estimate of drug-likeness (QED) is 0.882. The zero-order valence-corrected chi connectivity index (χ0v) is 11.7. The Hall–Kier alpha value is -2.44. The highest BCUT2D eigenvalue weighted by Gasteiger charge is 2.07. The second-order valence-corrected chi connectivity index (χ2v) is 4.72. The lowest BCUT2D eigenvalue weighted by Crippen LogP contribution is -2.05. The smallest absolute Gasteiger partial charge is 0.387 e. The van der Waals surface area contributed by atoms with E-state index >= 15 is 0 Å². The zero-order chi connectivity index (χ0) is 15.4. The summed E-state index contributed by atoms with van der Waals surface area (Å²) in [4.78, 5) is 8.49. The van der Waals surface area contributed by atoms with Crippen LogP contribution in [0.5, 0.6) is 5.75 Å². The van der Waals surface area contributed by atoms with E-state index in [1.807, 2.05) is 13.8 Å². The molecule has 1 heterocycles. The van der Waals surface area contributed by atoms with Gasteiger partial charge in [0, 0.05) is 17.7 Å². The molecule has 0 saturated carbocycles. The number of nitrogens with two attached hydrogens (primary N) is 1. The Kier molecular flexibility index (Phi) is 4.52. The minimum absolute atomic E-state index is 0.0978. The normalized spacial score (nSPS) is 11.0. The molecule has 1 aromatic heterocycles. The first-order valence-electron chi connectivity index (χ1n) is 6.40. The van der Waals surface area contributed by atoms with Crippen molar-refractivity contribution in [3.63, 3.8) is 0 Å².